The standard InChI is InChI=1S/C9H12O3/c1-5(10)12-8-3-2-6-4-7(6)9(8)11/h6-8H,2-4H2,1H3. The number of rotatable bonds is 1. The topological polar surface area (TPSA) is 43.4 Å². The highest BCUT2D eigenvalue weighted by Crippen LogP contribution is 2.47. The lowest BCUT2D eigenvalue weighted by Gasteiger charge is -2.19. The van der Waals surface area contributed by atoms with E-state index in [9.17, 15) is 9.59 Å². The predicted octanol–water partition coefficient (Wildman–Crippen LogP) is 0.917. The summed E-state index contributed by atoms with van der Waals surface area (Å²) in [7, 11) is 0. The molecule has 0 saturated heterocycles. The van der Waals surface area contributed by atoms with E-state index in [-0.39, 0.29) is 17.7 Å². The third-order valence-electron chi connectivity index (χ3n) is 2.71. The smallest absolute Gasteiger partial charge is 0.303 e. The molecule has 2 saturated carbocycles. The summed E-state index contributed by atoms with van der Waals surface area (Å²) in [6.07, 6.45) is 2.39. The minimum absolute atomic E-state index is 0.154. The molecule has 2 aliphatic carbocycles. The van der Waals surface area contributed by atoms with Gasteiger partial charge in [-0.2, -0.15) is 0 Å². The number of hydrogen-bond acceptors (Lipinski definition) is 3. The van der Waals surface area contributed by atoms with E-state index in [0.717, 1.165) is 19.3 Å². The van der Waals surface area contributed by atoms with Crippen LogP contribution >= 0.6 is 0 Å². The van der Waals surface area contributed by atoms with Gasteiger partial charge in [-0.3, -0.25) is 9.59 Å². The van der Waals surface area contributed by atoms with Crippen molar-refractivity contribution in [2.45, 2.75) is 32.3 Å². The molecule has 3 atom stereocenters. The summed E-state index contributed by atoms with van der Waals surface area (Å²) < 4.78 is 4.91. The van der Waals surface area contributed by atoms with Gasteiger partial charge in [0, 0.05) is 12.8 Å². The maximum Gasteiger partial charge on any atom is 0.303 e. The van der Waals surface area contributed by atoms with Gasteiger partial charge in [0.25, 0.3) is 0 Å². The molecule has 0 aromatic rings. The molecular formula is C9H12O3. The van der Waals surface area contributed by atoms with Crippen molar-refractivity contribution in [1.82, 2.24) is 0 Å². The Morgan fingerprint density at radius 3 is 2.92 bits per heavy atom. The Morgan fingerprint density at radius 2 is 2.25 bits per heavy atom. The van der Waals surface area contributed by atoms with Gasteiger partial charge in [-0.05, 0) is 25.2 Å². The minimum atomic E-state index is -0.425. The minimum Gasteiger partial charge on any atom is -0.455 e. The van der Waals surface area contributed by atoms with E-state index >= 15 is 0 Å². The molecule has 2 rings (SSSR count). The number of hydrogen-bond donors (Lipinski definition) is 0. The first-order valence-electron chi connectivity index (χ1n) is 4.39. The third-order valence-corrected chi connectivity index (χ3v) is 2.71. The second-order valence-electron chi connectivity index (χ2n) is 3.68. The van der Waals surface area contributed by atoms with Crippen LogP contribution in [0.15, 0.2) is 0 Å². The number of fused-ring (bicyclic) bond motifs is 1. The first-order chi connectivity index (χ1) is 5.68. The largest absolute Gasteiger partial charge is 0.455 e. The highest BCUT2D eigenvalue weighted by molar-refractivity contribution is 5.90. The van der Waals surface area contributed by atoms with E-state index in [4.69, 9.17) is 4.74 Å². The zero-order valence-corrected chi connectivity index (χ0v) is 7.08. The Kier molecular flexibility index (Phi) is 1.67. The number of carbonyl (C=O) groups excluding carboxylic acids is 2. The average Bonchev–Trinajstić information content (AvgIpc) is 2.73. The molecule has 0 heterocycles. The fourth-order valence-electron chi connectivity index (χ4n) is 1.98. The molecule has 2 aliphatic rings. The normalized spacial score (nSPS) is 38.8. The summed E-state index contributed by atoms with van der Waals surface area (Å²) in [6.45, 7) is 1.35. The maximum atomic E-state index is 11.4. The van der Waals surface area contributed by atoms with Crippen LogP contribution in [0.2, 0.25) is 0 Å². The molecule has 3 unspecified atom stereocenters. The van der Waals surface area contributed by atoms with Gasteiger partial charge in [0.2, 0.25) is 0 Å². The number of carbonyl (C=O) groups is 2. The summed E-state index contributed by atoms with van der Waals surface area (Å²) in [6, 6.07) is 0. The van der Waals surface area contributed by atoms with Crippen LogP contribution in [0.1, 0.15) is 26.2 Å². The second-order valence-corrected chi connectivity index (χ2v) is 3.68. The fourth-order valence-corrected chi connectivity index (χ4v) is 1.98. The molecule has 2 fully saturated rings. The molecule has 12 heavy (non-hydrogen) atoms. The predicted molar refractivity (Wildman–Crippen MR) is 41.4 cm³/mol. The lowest BCUT2D eigenvalue weighted by Crippen LogP contribution is -2.31. The summed E-state index contributed by atoms with van der Waals surface area (Å²) in [5, 5.41) is 0. The van der Waals surface area contributed by atoms with Crippen molar-refractivity contribution in [2.24, 2.45) is 11.8 Å². The van der Waals surface area contributed by atoms with Crippen LogP contribution < -0.4 is 0 Å². The summed E-state index contributed by atoms with van der Waals surface area (Å²) in [4.78, 5) is 22.0. The summed E-state index contributed by atoms with van der Waals surface area (Å²) in [5.41, 5.74) is 0. The number of esters is 1. The third kappa shape index (κ3) is 1.24. The van der Waals surface area contributed by atoms with E-state index in [1.165, 1.54) is 6.92 Å². The van der Waals surface area contributed by atoms with Gasteiger partial charge in [-0.15, -0.1) is 0 Å². The number of ether oxygens (including phenoxy) is 1. The molecule has 0 aromatic heterocycles. The average molecular weight is 168 g/mol. The van der Waals surface area contributed by atoms with Crippen LogP contribution in [0.25, 0.3) is 0 Å². The summed E-state index contributed by atoms with van der Waals surface area (Å²) >= 11 is 0. The molecule has 0 spiro atoms. The van der Waals surface area contributed by atoms with Gasteiger partial charge < -0.3 is 4.74 Å². The first kappa shape index (κ1) is 7.77. The highest BCUT2D eigenvalue weighted by atomic mass is 16.5. The quantitative estimate of drug-likeness (QED) is 0.547. The van der Waals surface area contributed by atoms with E-state index in [2.05, 4.69) is 0 Å². The molecule has 3 heteroatoms. The Labute approximate surface area is 71.1 Å². The van der Waals surface area contributed by atoms with Gasteiger partial charge in [0.1, 0.15) is 0 Å². The Balaban J connectivity index is 1.97. The van der Waals surface area contributed by atoms with Gasteiger partial charge in [-0.25, -0.2) is 0 Å². The van der Waals surface area contributed by atoms with Crippen LogP contribution in [0.4, 0.5) is 0 Å². The molecule has 0 bridgehead atoms. The van der Waals surface area contributed by atoms with Gasteiger partial charge in [0.15, 0.2) is 11.9 Å². The molecule has 3 nitrogen and oxygen atoms in total. The lowest BCUT2D eigenvalue weighted by atomic mass is 9.96. The highest BCUT2D eigenvalue weighted by Gasteiger charge is 2.49. The van der Waals surface area contributed by atoms with Crippen molar-refractivity contribution in [3.8, 4) is 0 Å². The second kappa shape index (κ2) is 2.57. The molecule has 0 amide bonds. The van der Waals surface area contributed by atoms with Gasteiger partial charge in [0.05, 0.1) is 0 Å². The zero-order chi connectivity index (χ0) is 8.72. The Hall–Kier alpha value is -0.860. The molecule has 0 radical (unpaired) electrons. The van der Waals surface area contributed by atoms with Crippen molar-refractivity contribution in [2.75, 3.05) is 0 Å². The van der Waals surface area contributed by atoms with Crippen molar-refractivity contribution < 1.29 is 14.3 Å². The molecule has 0 aliphatic heterocycles. The summed E-state index contributed by atoms with van der Waals surface area (Å²) in [5.74, 6) is 0.654. The van der Waals surface area contributed by atoms with Crippen LogP contribution in [-0.2, 0) is 14.3 Å². The number of Topliss-reactive ketones (excluding diaryl/α,β-unsaturated/α-hetero) is 1. The van der Waals surface area contributed by atoms with Crippen LogP contribution in [0, 0.1) is 11.8 Å². The molecule has 66 valence electrons. The van der Waals surface area contributed by atoms with E-state index < -0.39 is 6.10 Å². The maximum absolute atomic E-state index is 11.4. The van der Waals surface area contributed by atoms with E-state index in [0.29, 0.717) is 5.92 Å². The van der Waals surface area contributed by atoms with E-state index in [1.807, 2.05) is 0 Å². The fraction of sp³-hybridized carbons (Fsp3) is 0.778. The van der Waals surface area contributed by atoms with Crippen LogP contribution in [0.5, 0.6) is 0 Å². The van der Waals surface area contributed by atoms with Gasteiger partial charge >= 0.3 is 5.97 Å². The molecular weight excluding hydrogens is 156 g/mol. The lowest BCUT2D eigenvalue weighted by molar-refractivity contribution is -0.155. The van der Waals surface area contributed by atoms with Crippen molar-refractivity contribution in [1.29, 1.82) is 0 Å². The Bertz CT molecular complexity index is 234. The van der Waals surface area contributed by atoms with Crippen molar-refractivity contribution in [3.63, 3.8) is 0 Å². The van der Waals surface area contributed by atoms with Gasteiger partial charge in [-0.1, -0.05) is 0 Å². The van der Waals surface area contributed by atoms with E-state index in [1.54, 1.807) is 0 Å². The monoisotopic (exact) mass is 168 g/mol. The number of ketones is 1. The van der Waals surface area contributed by atoms with Crippen LogP contribution in [0.3, 0.4) is 0 Å². The van der Waals surface area contributed by atoms with Crippen LogP contribution in [-0.4, -0.2) is 17.9 Å². The SMILES string of the molecule is CC(=O)OC1CCC2CC2C1=O. The first-order valence-corrected chi connectivity index (χ1v) is 4.39. The molecule has 0 N–H and O–H groups in total. The van der Waals surface area contributed by atoms with Crippen molar-refractivity contribution in [3.05, 3.63) is 0 Å². The van der Waals surface area contributed by atoms with Crippen molar-refractivity contribution >= 4 is 11.8 Å². The zero-order valence-electron chi connectivity index (χ0n) is 7.08. The Morgan fingerprint density at radius 1 is 1.50 bits per heavy atom. The molecule has 0 aromatic carbocycles.